The first-order chi connectivity index (χ1) is 11.7. The van der Waals surface area contributed by atoms with Crippen LogP contribution < -0.4 is 0 Å². The summed E-state index contributed by atoms with van der Waals surface area (Å²) in [5, 5.41) is 9.16. The third-order valence-corrected chi connectivity index (χ3v) is 5.03. The molecule has 2 aromatic rings. The molecule has 124 valence electrons. The van der Waals surface area contributed by atoms with Crippen molar-refractivity contribution in [2.24, 2.45) is 0 Å². The van der Waals surface area contributed by atoms with E-state index in [9.17, 15) is 4.79 Å². The Kier molecular flexibility index (Phi) is 4.10. The van der Waals surface area contributed by atoms with Crippen LogP contribution in [-0.2, 0) is 4.79 Å². The Morgan fingerprint density at radius 3 is 2.88 bits per heavy atom. The molecule has 1 unspecified atom stereocenters. The van der Waals surface area contributed by atoms with E-state index in [4.69, 9.17) is 11.6 Å². The van der Waals surface area contributed by atoms with Crippen LogP contribution in [0.4, 0.5) is 0 Å². The van der Waals surface area contributed by atoms with Crippen LogP contribution >= 0.6 is 11.6 Å². The average molecular weight is 343 g/mol. The summed E-state index contributed by atoms with van der Waals surface area (Å²) in [6.45, 7) is 1.42. The Bertz CT molecular complexity index is 781. The van der Waals surface area contributed by atoms with Crippen LogP contribution in [0.3, 0.4) is 0 Å². The molecule has 1 saturated heterocycles. The predicted octanol–water partition coefficient (Wildman–Crippen LogP) is 3.30. The molecule has 1 aliphatic carbocycles. The van der Waals surface area contributed by atoms with Crippen molar-refractivity contribution in [3.63, 3.8) is 0 Å². The second kappa shape index (κ2) is 6.40. The van der Waals surface area contributed by atoms with Gasteiger partial charge in [0.1, 0.15) is 0 Å². The van der Waals surface area contributed by atoms with E-state index in [1.165, 1.54) is 12.8 Å². The highest BCUT2D eigenvalue weighted by atomic mass is 35.5. The number of aromatic nitrogens is 3. The minimum atomic E-state index is 0.0138. The van der Waals surface area contributed by atoms with Gasteiger partial charge in [-0.05, 0) is 37.0 Å². The molecule has 1 saturated carbocycles. The Labute approximate surface area is 145 Å². The maximum Gasteiger partial charge on any atom is 0.246 e. The molecule has 0 N–H and O–H groups in total. The van der Waals surface area contributed by atoms with Gasteiger partial charge in [-0.3, -0.25) is 4.79 Å². The van der Waals surface area contributed by atoms with Crippen molar-refractivity contribution < 1.29 is 4.79 Å². The van der Waals surface area contributed by atoms with Gasteiger partial charge in [0.05, 0.1) is 11.7 Å². The van der Waals surface area contributed by atoms with Gasteiger partial charge in [0.25, 0.3) is 0 Å². The topological polar surface area (TPSA) is 51.0 Å². The van der Waals surface area contributed by atoms with Crippen LogP contribution in [0.5, 0.6) is 0 Å². The maximum absolute atomic E-state index is 12.4. The van der Waals surface area contributed by atoms with E-state index >= 15 is 0 Å². The van der Waals surface area contributed by atoms with Gasteiger partial charge in [0, 0.05) is 36.3 Å². The van der Waals surface area contributed by atoms with Crippen LogP contribution in [0, 0.1) is 0 Å². The predicted molar refractivity (Wildman–Crippen MR) is 92.7 cm³/mol. The minimum Gasteiger partial charge on any atom is -0.337 e. The fourth-order valence-corrected chi connectivity index (χ4v) is 3.27. The highest BCUT2D eigenvalue weighted by Crippen LogP contribution is 2.39. The molecule has 1 aromatic heterocycles. The van der Waals surface area contributed by atoms with Crippen molar-refractivity contribution in [1.82, 2.24) is 19.9 Å². The fraction of sp³-hybridized carbons (Fsp3) is 0.389. The summed E-state index contributed by atoms with van der Waals surface area (Å²) in [6, 6.07) is 7.72. The molecule has 2 aliphatic rings. The van der Waals surface area contributed by atoms with E-state index in [1.54, 1.807) is 12.2 Å². The molecule has 6 heteroatoms. The molecule has 4 rings (SSSR count). The van der Waals surface area contributed by atoms with Crippen LogP contribution in [0.15, 0.2) is 36.5 Å². The smallest absolute Gasteiger partial charge is 0.246 e. The van der Waals surface area contributed by atoms with Gasteiger partial charge in [0.15, 0.2) is 0 Å². The number of likely N-dealkylation sites (tertiary alicyclic amines) is 1. The van der Waals surface area contributed by atoms with Gasteiger partial charge in [-0.15, -0.1) is 5.10 Å². The Balaban J connectivity index is 1.38. The Morgan fingerprint density at radius 1 is 1.25 bits per heavy atom. The van der Waals surface area contributed by atoms with Crippen LogP contribution in [0.25, 0.3) is 6.08 Å². The molecule has 1 amide bonds. The van der Waals surface area contributed by atoms with Crippen LogP contribution in [0.1, 0.15) is 42.5 Å². The molecule has 0 radical (unpaired) electrons. The first kappa shape index (κ1) is 15.4. The zero-order valence-electron chi connectivity index (χ0n) is 13.3. The highest BCUT2D eigenvalue weighted by Gasteiger charge is 2.30. The Morgan fingerprint density at radius 2 is 2.08 bits per heavy atom. The summed E-state index contributed by atoms with van der Waals surface area (Å²) in [6.07, 6.45) is 8.79. The van der Waals surface area contributed by atoms with E-state index < -0.39 is 0 Å². The number of hydrogen-bond donors (Lipinski definition) is 0. The summed E-state index contributed by atoms with van der Waals surface area (Å²) in [4.78, 5) is 14.2. The van der Waals surface area contributed by atoms with E-state index in [0.717, 1.165) is 24.2 Å². The molecule has 1 aliphatic heterocycles. The molecule has 1 aromatic carbocycles. The number of nitrogens with zero attached hydrogens (tertiary/aromatic N) is 4. The number of carbonyl (C=O) groups is 1. The van der Waals surface area contributed by atoms with Gasteiger partial charge < -0.3 is 4.90 Å². The lowest BCUT2D eigenvalue weighted by molar-refractivity contribution is -0.125. The molecular formula is C18H19ClN4O. The number of rotatable bonds is 4. The quantitative estimate of drug-likeness (QED) is 0.801. The van der Waals surface area contributed by atoms with E-state index in [0.29, 0.717) is 17.5 Å². The van der Waals surface area contributed by atoms with Crippen LogP contribution in [-0.4, -0.2) is 38.9 Å². The number of hydrogen-bond acceptors (Lipinski definition) is 3. The minimum absolute atomic E-state index is 0.0138. The SMILES string of the molecule is O=C(/C=C/c1ccccc1Cl)N1CCC(n2cc(C3CC3)nn2)C1. The third kappa shape index (κ3) is 3.22. The monoisotopic (exact) mass is 342 g/mol. The molecule has 5 nitrogen and oxygen atoms in total. The average Bonchev–Trinajstić information content (AvgIpc) is 3.12. The zero-order valence-corrected chi connectivity index (χ0v) is 14.1. The van der Waals surface area contributed by atoms with Crippen molar-refractivity contribution in [3.05, 3.63) is 52.8 Å². The van der Waals surface area contributed by atoms with Crippen molar-refractivity contribution in [1.29, 1.82) is 0 Å². The van der Waals surface area contributed by atoms with Crippen molar-refractivity contribution in [3.8, 4) is 0 Å². The maximum atomic E-state index is 12.4. The van der Waals surface area contributed by atoms with E-state index in [1.807, 2.05) is 33.8 Å². The van der Waals surface area contributed by atoms with Crippen LogP contribution in [0.2, 0.25) is 5.02 Å². The summed E-state index contributed by atoms with van der Waals surface area (Å²) >= 11 is 6.11. The lowest BCUT2D eigenvalue weighted by Crippen LogP contribution is -2.27. The highest BCUT2D eigenvalue weighted by molar-refractivity contribution is 6.32. The second-order valence-electron chi connectivity index (χ2n) is 6.48. The number of benzene rings is 1. The third-order valence-electron chi connectivity index (χ3n) is 4.68. The first-order valence-electron chi connectivity index (χ1n) is 8.34. The molecule has 2 fully saturated rings. The normalized spacial score (nSPS) is 20.9. The fourth-order valence-electron chi connectivity index (χ4n) is 3.07. The van der Waals surface area contributed by atoms with Gasteiger partial charge in [-0.25, -0.2) is 4.68 Å². The standard InChI is InChI=1S/C18H19ClN4O/c19-16-4-2-1-3-13(16)7-8-18(24)22-10-9-15(11-22)23-12-17(20-21-23)14-5-6-14/h1-4,7-8,12,14-15H,5-6,9-11H2/b8-7+. The Hall–Kier alpha value is -2.14. The summed E-state index contributed by atoms with van der Waals surface area (Å²) in [7, 11) is 0. The number of halogens is 1. The van der Waals surface area contributed by atoms with Crippen molar-refractivity contribution in [2.45, 2.75) is 31.2 Å². The molecule has 24 heavy (non-hydrogen) atoms. The second-order valence-corrected chi connectivity index (χ2v) is 6.89. The number of carbonyl (C=O) groups excluding carboxylic acids is 1. The summed E-state index contributed by atoms with van der Waals surface area (Å²) in [5.41, 5.74) is 1.95. The van der Waals surface area contributed by atoms with Gasteiger partial charge >= 0.3 is 0 Å². The molecule has 1 atom stereocenters. The lowest BCUT2D eigenvalue weighted by atomic mass is 10.2. The van der Waals surface area contributed by atoms with Crippen molar-refractivity contribution in [2.75, 3.05) is 13.1 Å². The number of amides is 1. The molecule has 0 spiro atoms. The van der Waals surface area contributed by atoms with E-state index in [2.05, 4.69) is 16.5 Å². The molecule has 0 bridgehead atoms. The van der Waals surface area contributed by atoms with Gasteiger partial charge in [0.2, 0.25) is 5.91 Å². The summed E-state index contributed by atoms with van der Waals surface area (Å²) < 4.78 is 1.93. The zero-order chi connectivity index (χ0) is 16.5. The largest absolute Gasteiger partial charge is 0.337 e. The lowest BCUT2D eigenvalue weighted by Gasteiger charge is -2.14. The van der Waals surface area contributed by atoms with Gasteiger partial charge in [-0.1, -0.05) is 35.0 Å². The van der Waals surface area contributed by atoms with E-state index in [-0.39, 0.29) is 11.9 Å². The van der Waals surface area contributed by atoms with Gasteiger partial charge in [-0.2, -0.15) is 0 Å². The molecular weight excluding hydrogens is 324 g/mol. The summed E-state index contributed by atoms with van der Waals surface area (Å²) in [5.74, 6) is 0.622. The first-order valence-corrected chi connectivity index (χ1v) is 8.72. The van der Waals surface area contributed by atoms with Crippen molar-refractivity contribution >= 4 is 23.6 Å². The molecule has 2 heterocycles.